The molecule has 0 spiro atoms. The van der Waals surface area contributed by atoms with Crippen molar-refractivity contribution in [3.05, 3.63) is 40.1 Å². The maximum absolute atomic E-state index is 10.9. The summed E-state index contributed by atoms with van der Waals surface area (Å²) in [6, 6.07) is 7.00. The monoisotopic (exact) mass is 259 g/mol. The second kappa shape index (κ2) is 5.22. The van der Waals surface area contributed by atoms with Crippen molar-refractivity contribution in [3.8, 4) is 0 Å². The molecule has 1 N–H and O–H groups in total. The Kier molecular flexibility index (Phi) is 3.64. The van der Waals surface area contributed by atoms with Crippen LogP contribution in [0.25, 0.3) is 10.9 Å². The van der Waals surface area contributed by atoms with Crippen LogP contribution in [-0.2, 0) is 0 Å². The van der Waals surface area contributed by atoms with E-state index in [2.05, 4.69) is 24.1 Å². The molecule has 1 unspecified atom stereocenters. The third-order valence-corrected chi connectivity index (χ3v) is 3.15. The van der Waals surface area contributed by atoms with Crippen LogP contribution in [0.15, 0.2) is 24.3 Å². The Bertz CT molecular complexity index is 625. The highest BCUT2D eigenvalue weighted by atomic mass is 16.6. The van der Waals surface area contributed by atoms with Gasteiger partial charge in [0.2, 0.25) is 0 Å². The highest BCUT2D eigenvalue weighted by Crippen LogP contribution is 2.27. The Morgan fingerprint density at radius 1 is 1.42 bits per heavy atom. The standard InChI is InChI=1S/C14H17N3O2/c1-4-9(2)15-14-7-10(3)16-13-6-5-11(17(18)19)8-12(13)14/h5-9H,4H2,1-3H3,(H,15,16). The fraction of sp³-hybridized carbons (Fsp3) is 0.357. The minimum atomic E-state index is -0.383. The maximum atomic E-state index is 10.9. The molecule has 0 radical (unpaired) electrons. The topological polar surface area (TPSA) is 68.1 Å². The number of benzene rings is 1. The third-order valence-electron chi connectivity index (χ3n) is 3.15. The normalized spacial score (nSPS) is 12.4. The van der Waals surface area contributed by atoms with E-state index in [1.54, 1.807) is 12.1 Å². The molecule has 2 rings (SSSR count). The third kappa shape index (κ3) is 2.81. The van der Waals surface area contributed by atoms with E-state index < -0.39 is 0 Å². The van der Waals surface area contributed by atoms with Crippen LogP contribution in [0.3, 0.4) is 0 Å². The fourth-order valence-electron chi connectivity index (χ4n) is 1.95. The maximum Gasteiger partial charge on any atom is 0.270 e. The molecule has 0 aliphatic carbocycles. The molecule has 5 nitrogen and oxygen atoms in total. The number of nitrogens with one attached hydrogen (secondary N) is 1. The Balaban J connectivity index is 2.59. The van der Waals surface area contributed by atoms with Crippen molar-refractivity contribution in [1.82, 2.24) is 4.98 Å². The number of aromatic nitrogens is 1. The number of hydrogen-bond acceptors (Lipinski definition) is 4. The van der Waals surface area contributed by atoms with E-state index in [4.69, 9.17) is 0 Å². The summed E-state index contributed by atoms with van der Waals surface area (Å²) < 4.78 is 0. The van der Waals surface area contributed by atoms with E-state index >= 15 is 0 Å². The van der Waals surface area contributed by atoms with Gasteiger partial charge in [0.15, 0.2) is 0 Å². The Morgan fingerprint density at radius 2 is 2.16 bits per heavy atom. The van der Waals surface area contributed by atoms with Gasteiger partial charge in [0.1, 0.15) is 0 Å². The van der Waals surface area contributed by atoms with Crippen LogP contribution in [0, 0.1) is 17.0 Å². The summed E-state index contributed by atoms with van der Waals surface area (Å²) >= 11 is 0. The van der Waals surface area contributed by atoms with Gasteiger partial charge in [-0.15, -0.1) is 0 Å². The number of pyridine rings is 1. The highest BCUT2D eigenvalue weighted by Gasteiger charge is 2.11. The number of fused-ring (bicyclic) bond motifs is 1. The molecular weight excluding hydrogens is 242 g/mol. The zero-order valence-corrected chi connectivity index (χ0v) is 11.3. The average molecular weight is 259 g/mol. The van der Waals surface area contributed by atoms with E-state index in [0.717, 1.165) is 28.7 Å². The quantitative estimate of drug-likeness (QED) is 0.672. The summed E-state index contributed by atoms with van der Waals surface area (Å²) in [6.45, 7) is 6.10. The van der Waals surface area contributed by atoms with Crippen LogP contribution >= 0.6 is 0 Å². The number of nitro benzene ring substituents is 1. The van der Waals surface area contributed by atoms with Crippen LogP contribution in [0.1, 0.15) is 26.0 Å². The zero-order chi connectivity index (χ0) is 14.0. The van der Waals surface area contributed by atoms with Crippen LogP contribution in [0.2, 0.25) is 0 Å². The van der Waals surface area contributed by atoms with Gasteiger partial charge in [-0.1, -0.05) is 6.92 Å². The van der Waals surface area contributed by atoms with Crippen molar-refractivity contribution >= 4 is 22.3 Å². The van der Waals surface area contributed by atoms with E-state index in [0.29, 0.717) is 6.04 Å². The lowest BCUT2D eigenvalue weighted by Gasteiger charge is -2.15. The number of hydrogen-bond donors (Lipinski definition) is 1. The van der Waals surface area contributed by atoms with Crippen molar-refractivity contribution in [2.45, 2.75) is 33.2 Å². The summed E-state index contributed by atoms with van der Waals surface area (Å²) in [7, 11) is 0. The zero-order valence-electron chi connectivity index (χ0n) is 11.3. The molecule has 0 amide bonds. The first-order valence-corrected chi connectivity index (χ1v) is 6.33. The molecule has 0 fully saturated rings. The Morgan fingerprint density at radius 3 is 2.79 bits per heavy atom. The molecule has 100 valence electrons. The number of anilines is 1. The van der Waals surface area contributed by atoms with Gasteiger partial charge in [-0.2, -0.15) is 0 Å². The molecule has 1 aromatic carbocycles. The first-order chi connectivity index (χ1) is 9.01. The predicted molar refractivity (Wildman–Crippen MR) is 76.5 cm³/mol. The summed E-state index contributed by atoms with van der Waals surface area (Å²) in [6.07, 6.45) is 0.984. The van der Waals surface area contributed by atoms with Gasteiger partial charge in [-0.05, 0) is 32.4 Å². The first-order valence-electron chi connectivity index (χ1n) is 6.33. The van der Waals surface area contributed by atoms with Crippen LogP contribution in [0.4, 0.5) is 11.4 Å². The van der Waals surface area contributed by atoms with E-state index in [1.807, 2.05) is 13.0 Å². The number of aryl methyl sites for hydroxylation is 1. The lowest BCUT2D eigenvalue weighted by Crippen LogP contribution is -2.14. The molecule has 2 aromatic rings. The molecule has 0 saturated heterocycles. The van der Waals surface area contributed by atoms with Gasteiger partial charge in [0.25, 0.3) is 5.69 Å². The second-order valence-electron chi connectivity index (χ2n) is 4.72. The van der Waals surface area contributed by atoms with Gasteiger partial charge in [0.05, 0.1) is 10.4 Å². The van der Waals surface area contributed by atoms with Crippen molar-refractivity contribution in [2.75, 3.05) is 5.32 Å². The minimum absolute atomic E-state index is 0.0883. The lowest BCUT2D eigenvalue weighted by molar-refractivity contribution is -0.384. The van der Waals surface area contributed by atoms with Crippen molar-refractivity contribution in [3.63, 3.8) is 0 Å². The summed E-state index contributed by atoms with van der Waals surface area (Å²) in [4.78, 5) is 14.9. The molecule has 0 aliphatic rings. The van der Waals surface area contributed by atoms with Crippen molar-refractivity contribution in [2.24, 2.45) is 0 Å². The van der Waals surface area contributed by atoms with E-state index in [-0.39, 0.29) is 10.6 Å². The first kappa shape index (κ1) is 13.3. The van der Waals surface area contributed by atoms with E-state index in [1.165, 1.54) is 6.07 Å². The number of rotatable bonds is 4. The SMILES string of the molecule is CCC(C)Nc1cc(C)nc2ccc([N+](=O)[O-])cc12. The summed E-state index contributed by atoms with van der Waals surface area (Å²) in [5, 5.41) is 15.0. The number of nitro groups is 1. The van der Waals surface area contributed by atoms with Gasteiger partial charge in [0, 0.05) is 34.9 Å². The molecule has 0 aliphatic heterocycles. The average Bonchev–Trinajstić information content (AvgIpc) is 2.37. The van der Waals surface area contributed by atoms with Crippen LogP contribution in [0.5, 0.6) is 0 Å². The highest BCUT2D eigenvalue weighted by molar-refractivity contribution is 5.93. The van der Waals surface area contributed by atoms with E-state index in [9.17, 15) is 10.1 Å². The molecule has 5 heteroatoms. The molecule has 1 heterocycles. The molecule has 0 bridgehead atoms. The number of nitrogens with zero attached hydrogens (tertiary/aromatic N) is 2. The Hall–Kier alpha value is -2.17. The van der Waals surface area contributed by atoms with Crippen molar-refractivity contribution < 1.29 is 4.92 Å². The van der Waals surface area contributed by atoms with Gasteiger partial charge >= 0.3 is 0 Å². The Labute approximate surface area is 111 Å². The van der Waals surface area contributed by atoms with Crippen molar-refractivity contribution in [1.29, 1.82) is 0 Å². The van der Waals surface area contributed by atoms with Gasteiger partial charge in [-0.25, -0.2) is 0 Å². The summed E-state index contributed by atoms with van der Waals surface area (Å²) in [5.74, 6) is 0. The molecule has 19 heavy (non-hydrogen) atoms. The van der Waals surface area contributed by atoms with Gasteiger partial charge in [-0.3, -0.25) is 15.1 Å². The predicted octanol–water partition coefficient (Wildman–Crippen LogP) is 3.66. The second-order valence-corrected chi connectivity index (χ2v) is 4.72. The summed E-state index contributed by atoms with van der Waals surface area (Å²) in [5.41, 5.74) is 2.66. The van der Waals surface area contributed by atoms with Crippen LogP contribution in [-0.4, -0.2) is 15.9 Å². The minimum Gasteiger partial charge on any atom is -0.382 e. The van der Waals surface area contributed by atoms with Gasteiger partial charge < -0.3 is 5.32 Å². The number of non-ortho nitro benzene ring substituents is 1. The molecule has 1 atom stereocenters. The molecule has 1 aromatic heterocycles. The molecular formula is C14H17N3O2. The molecule has 0 saturated carbocycles. The lowest BCUT2D eigenvalue weighted by atomic mass is 10.1. The largest absolute Gasteiger partial charge is 0.382 e. The van der Waals surface area contributed by atoms with Crippen LogP contribution < -0.4 is 5.32 Å². The smallest absolute Gasteiger partial charge is 0.270 e. The fourth-order valence-corrected chi connectivity index (χ4v) is 1.95.